The molecule has 32 heavy (non-hydrogen) atoms. The summed E-state index contributed by atoms with van der Waals surface area (Å²) in [7, 11) is 0.104. The normalized spacial score (nSPS) is 12.1. The molecule has 0 aliphatic heterocycles. The third-order valence-electron chi connectivity index (χ3n) is 5.83. The Morgan fingerprint density at radius 3 is 2.06 bits per heavy atom. The molecule has 0 spiro atoms. The molecule has 0 atom stereocenters. The predicted octanol–water partition coefficient (Wildman–Crippen LogP) is 6.82. The van der Waals surface area contributed by atoms with Crippen molar-refractivity contribution < 1.29 is 12.6 Å². The molecule has 176 valence electrons. The third-order valence-corrected chi connectivity index (χ3v) is 7.21. The molecule has 2 aromatic rings. The lowest BCUT2D eigenvalue weighted by atomic mass is 9.97. The highest BCUT2D eigenvalue weighted by molar-refractivity contribution is 7.87. The van der Waals surface area contributed by atoms with Crippen LogP contribution in [0.25, 0.3) is 15.6 Å². The summed E-state index contributed by atoms with van der Waals surface area (Å²) in [5.74, 6) is 0. The monoisotopic (exact) mass is 458 g/mol. The number of fused-ring (bicyclic) bond motifs is 1. The van der Waals surface area contributed by atoms with Gasteiger partial charge in [0.2, 0.25) is 5.54 Å². The first-order valence-corrected chi connectivity index (χ1v) is 13.1. The SMILES string of the molecule is [C-]#[N+]C(C)(C)CCCCCCCCCCOS(=O)(=O)c1cccc2c(N(C)C)cccc12. The molecule has 0 radical (unpaired) electrons. The van der Waals surface area contributed by atoms with E-state index in [0.29, 0.717) is 5.39 Å². The molecule has 0 unspecified atom stereocenters. The molecule has 2 aromatic carbocycles. The van der Waals surface area contributed by atoms with E-state index in [9.17, 15) is 8.42 Å². The highest BCUT2D eigenvalue weighted by Crippen LogP contribution is 2.31. The smallest absolute Gasteiger partial charge is 0.297 e. The van der Waals surface area contributed by atoms with Crippen LogP contribution in [0.4, 0.5) is 5.69 Å². The zero-order valence-corrected chi connectivity index (χ0v) is 20.9. The molecule has 0 fully saturated rings. The molecule has 6 heteroatoms. The van der Waals surface area contributed by atoms with Gasteiger partial charge in [-0.2, -0.15) is 8.42 Å². The molecule has 0 amide bonds. The zero-order valence-electron chi connectivity index (χ0n) is 20.1. The lowest BCUT2D eigenvalue weighted by molar-refractivity contribution is 0.306. The molecule has 0 aliphatic carbocycles. The van der Waals surface area contributed by atoms with Gasteiger partial charge in [-0.25, -0.2) is 6.57 Å². The van der Waals surface area contributed by atoms with Gasteiger partial charge in [0.05, 0.1) is 6.61 Å². The fourth-order valence-corrected chi connectivity index (χ4v) is 5.04. The summed E-state index contributed by atoms with van der Waals surface area (Å²) in [5.41, 5.74) is 0.760. The summed E-state index contributed by atoms with van der Waals surface area (Å²) >= 11 is 0. The lowest BCUT2D eigenvalue weighted by Crippen LogP contribution is -2.12. The van der Waals surface area contributed by atoms with Crippen LogP contribution in [0, 0.1) is 6.57 Å². The Hall–Kier alpha value is -2.10. The van der Waals surface area contributed by atoms with Gasteiger partial charge in [-0.3, -0.25) is 4.18 Å². The van der Waals surface area contributed by atoms with Crippen molar-refractivity contribution >= 4 is 26.6 Å². The summed E-state index contributed by atoms with van der Waals surface area (Å²) in [6, 6.07) is 11.0. The van der Waals surface area contributed by atoms with Crippen molar-refractivity contribution in [1.82, 2.24) is 0 Å². The maximum absolute atomic E-state index is 12.8. The fourth-order valence-electron chi connectivity index (χ4n) is 3.88. The van der Waals surface area contributed by atoms with Crippen molar-refractivity contribution in [2.24, 2.45) is 0 Å². The first kappa shape index (κ1) is 26.2. The van der Waals surface area contributed by atoms with Crippen LogP contribution in [-0.4, -0.2) is 34.7 Å². The van der Waals surface area contributed by atoms with Gasteiger partial charge in [0.1, 0.15) is 4.90 Å². The maximum atomic E-state index is 12.8. The number of hydrogen-bond acceptors (Lipinski definition) is 4. The quantitative estimate of drug-likeness (QED) is 0.177. The van der Waals surface area contributed by atoms with Crippen molar-refractivity contribution in [3.63, 3.8) is 0 Å². The van der Waals surface area contributed by atoms with Gasteiger partial charge in [0.25, 0.3) is 10.1 Å². The Kier molecular flexibility index (Phi) is 9.99. The minimum Gasteiger partial charge on any atom is -0.377 e. The van der Waals surface area contributed by atoms with Crippen molar-refractivity contribution in [2.45, 2.75) is 82.1 Å². The average Bonchev–Trinajstić information content (AvgIpc) is 2.76. The maximum Gasteiger partial charge on any atom is 0.297 e. The third kappa shape index (κ3) is 7.79. The summed E-state index contributed by atoms with van der Waals surface area (Å²) in [6.45, 7) is 11.4. The van der Waals surface area contributed by atoms with Gasteiger partial charge in [-0.15, -0.1) is 0 Å². The second-order valence-electron chi connectivity index (χ2n) is 9.30. The van der Waals surface area contributed by atoms with Crippen LogP contribution >= 0.6 is 0 Å². The fraction of sp³-hybridized carbons (Fsp3) is 0.577. The van der Waals surface area contributed by atoms with Crippen molar-refractivity contribution in [3.8, 4) is 0 Å². The topological polar surface area (TPSA) is 51.0 Å². The van der Waals surface area contributed by atoms with Crippen LogP contribution in [0.2, 0.25) is 0 Å². The van der Waals surface area contributed by atoms with Crippen LogP contribution in [0.5, 0.6) is 0 Å². The Balaban J connectivity index is 1.72. The largest absolute Gasteiger partial charge is 0.377 e. The summed E-state index contributed by atoms with van der Waals surface area (Å²) in [4.78, 5) is 5.87. The molecule has 0 heterocycles. The Morgan fingerprint density at radius 1 is 0.875 bits per heavy atom. The van der Waals surface area contributed by atoms with Gasteiger partial charge in [0.15, 0.2) is 0 Å². The summed E-state index contributed by atoms with van der Waals surface area (Å²) in [5, 5.41) is 1.60. The molecular weight excluding hydrogens is 420 g/mol. The van der Waals surface area contributed by atoms with E-state index < -0.39 is 10.1 Å². The van der Waals surface area contributed by atoms with Crippen LogP contribution in [-0.2, 0) is 14.3 Å². The van der Waals surface area contributed by atoms with Gasteiger partial charge in [-0.1, -0.05) is 62.8 Å². The highest BCUT2D eigenvalue weighted by Gasteiger charge is 2.21. The van der Waals surface area contributed by atoms with E-state index in [-0.39, 0.29) is 17.0 Å². The van der Waals surface area contributed by atoms with Crippen molar-refractivity contribution in [3.05, 3.63) is 47.8 Å². The van der Waals surface area contributed by atoms with Crippen LogP contribution < -0.4 is 4.90 Å². The molecule has 0 N–H and O–H groups in total. The number of nitrogens with zero attached hydrogens (tertiary/aromatic N) is 2. The average molecular weight is 459 g/mol. The van der Waals surface area contributed by atoms with Crippen molar-refractivity contribution in [2.75, 3.05) is 25.6 Å². The number of anilines is 1. The number of benzene rings is 2. The number of hydrogen-bond donors (Lipinski definition) is 0. The zero-order chi connectivity index (χ0) is 23.6. The molecule has 2 rings (SSSR count). The molecule has 0 aromatic heterocycles. The molecule has 5 nitrogen and oxygen atoms in total. The molecule has 0 saturated heterocycles. The first-order valence-electron chi connectivity index (χ1n) is 11.6. The van der Waals surface area contributed by atoms with Gasteiger partial charge in [0, 0.05) is 50.8 Å². The van der Waals surface area contributed by atoms with Crippen molar-refractivity contribution in [1.29, 1.82) is 0 Å². The summed E-state index contributed by atoms with van der Waals surface area (Å²) < 4.78 is 31.0. The molecular formula is C26H38N2O3S. The molecule has 0 bridgehead atoms. The van der Waals surface area contributed by atoms with Gasteiger partial charge < -0.3 is 9.74 Å². The van der Waals surface area contributed by atoms with E-state index in [2.05, 4.69) is 4.85 Å². The van der Waals surface area contributed by atoms with Gasteiger partial charge in [-0.05, 0) is 25.0 Å². The van der Waals surface area contributed by atoms with E-state index in [4.69, 9.17) is 10.8 Å². The van der Waals surface area contributed by atoms with Crippen LogP contribution in [0.3, 0.4) is 0 Å². The minimum absolute atomic E-state index is 0.220. The minimum atomic E-state index is -3.79. The second-order valence-corrected chi connectivity index (χ2v) is 10.9. The number of rotatable bonds is 14. The standard InChI is InChI=1S/C26H38N2O3S/c1-26(2,27-3)20-12-10-8-6-7-9-11-13-21-31-32(29,30)25-19-15-16-22-23(25)17-14-18-24(22)28(4)5/h14-19H,6-13,20-21H2,1-2,4-5H3. The van der Waals surface area contributed by atoms with E-state index in [0.717, 1.165) is 49.6 Å². The van der Waals surface area contributed by atoms with Crippen LogP contribution in [0.1, 0.15) is 71.6 Å². The van der Waals surface area contributed by atoms with E-state index in [1.165, 1.54) is 19.3 Å². The van der Waals surface area contributed by atoms with Crippen LogP contribution in [0.15, 0.2) is 41.3 Å². The Labute approximate surface area is 194 Å². The van der Waals surface area contributed by atoms with Gasteiger partial charge >= 0.3 is 0 Å². The molecule has 0 saturated carbocycles. The first-order chi connectivity index (χ1) is 15.2. The van der Waals surface area contributed by atoms with E-state index in [1.54, 1.807) is 12.1 Å². The Bertz CT molecular complexity index is 1010. The Morgan fingerprint density at radius 2 is 1.44 bits per heavy atom. The predicted molar refractivity (Wildman–Crippen MR) is 134 cm³/mol. The van der Waals surface area contributed by atoms with E-state index >= 15 is 0 Å². The highest BCUT2D eigenvalue weighted by atomic mass is 32.2. The summed E-state index contributed by atoms with van der Waals surface area (Å²) in [6.07, 6.45) is 9.64. The number of unbranched alkanes of at least 4 members (excludes halogenated alkanes) is 7. The lowest BCUT2D eigenvalue weighted by Gasteiger charge is -2.16. The molecule has 0 aliphatic rings. The van der Waals surface area contributed by atoms with E-state index in [1.807, 2.05) is 57.1 Å². The second kappa shape index (κ2) is 12.2.